The Hall–Kier alpha value is -2.78. The molecule has 0 aliphatic rings. The van der Waals surface area contributed by atoms with E-state index in [1.54, 1.807) is 13.8 Å². The Bertz CT molecular complexity index is 1190. The van der Waals surface area contributed by atoms with Crippen molar-refractivity contribution in [2.75, 3.05) is 6.61 Å². The number of carbonyl (C=O) groups excluding carboxylic acids is 1. The molecule has 0 aliphatic heterocycles. The molecule has 0 amide bonds. The average molecular weight is 423 g/mol. The van der Waals surface area contributed by atoms with E-state index in [0.29, 0.717) is 22.6 Å². The summed E-state index contributed by atoms with van der Waals surface area (Å²) in [6.07, 6.45) is 0. The van der Waals surface area contributed by atoms with Gasteiger partial charge in [0.15, 0.2) is 0 Å². The van der Waals surface area contributed by atoms with Gasteiger partial charge in [0.05, 0.1) is 11.5 Å². The molecule has 154 valence electrons. The van der Waals surface area contributed by atoms with Crippen LogP contribution in [0.1, 0.15) is 41.6 Å². The van der Waals surface area contributed by atoms with Crippen molar-refractivity contribution < 1.29 is 31.1 Å². The number of halogens is 2. The lowest BCUT2D eigenvalue weighted by Gasteiger charge is -2.15. The summed E-state index contributed by atoms with van der Waals surface area (Å²) < 4.78 is 65.3. The second kappa shape index (κ2) is 7.92. The van der Waals surface area contributed by atoms with Crippen LogP contribution < -0.4 is 4.72 Å². The van der Waals surface area contributed by atoms with E-state index < -0.39 is 33.7 Å². The average Bonchev–Trinajstić information content (AvgIpc) is 2.98. The highest BCUT2D eigenvalue weighted by molar-refractivity contribution is 7.89. The Morgan fingerprint density at radius 3 is 2.59 bits per heavy atom. The summed E-state index contributed by atoms with van der Waals surface area (Å²) in [4.78, 5) is 11.9. The van der Waals surface area contributed by atoms with E-state index in [9.17, 15) is 22.0 Å². The monoisotopic (exact) mass is 423 g/mol. The molecule has 29 heavy (non-hydrogen) atoms. The van der Waals surface area contributed by atoms with Gasteiger partial charge in [0, 0.05) is 28.6 Å². The number of esters is 1. The molecule has 0 fully saturated rings. The van der Waals surface area contributed by atoms with E-state index >= 15 is 0 Å². The van der Waals surface area contributed by atoms with Gasteiger partial charge in [-0.15, -0.1) is 0 Å². The highest BCUT2D eigenvalue weighted by atomic mass is 32.2. The lowest BCUT2D eigenvalue weighted by atomic mass is 10.1. The van der Waals surface area contributed by atoms with Crippen molar-refractivity contribution in [3.8, 4) is 0 Å². The lowest BCUT2D eigenvalue weighted by molar-refractivity contribution is 0.0491. The minimum absolute atomic E-state index is 0.00566. The van der Waals surface area contributed by atoms with Gasteiger partial charge in [0.1, 0.15) is 17.2 Å². The smallest absolute Gasteiger partial charge is 0.374 e. The number of hydrogen-bond acceptors (Lipinski definition) is 5. The SMILES string of the molecule is CCOC(=O)c1oc2ccc(S(=O)(=O)NC(C)c3ccc(F)cc3F)cc2c1C. The zero-order chi connectivity index (χ0) is 21.3. The molecule has 1 aromatic heterocycles. The van der Waals surface area contributed by atoms with Crippen LogP contribution in [0.5, 0.6) is 0 Å². The van der Waals surface area contributed by atoms with Crippen LogP contribution in [0.15, 0.2) is 45.7 Å². The van der Waals surface area contributed by atoms with Gasteiger partial charge in [-0.05, 0) is 45.0 Å². The van der Waals surface area contributed by atoms with Gasteiger partial charge < -0.3 is 9.15 Å². The summed E-state index contributed by atoms with van der Waals surface area (Å²) in [5.74, 6) is -2.23. The summed E-state index contributed by atoms with van der Waals surface area (Å²) in [6, 6.07) is 6.12. The van der Waals surface area contributed by atoms with E-state index in [4.69, 9.17) is 9.15 Å². The molecule has 0 radical (unpaired) electrons. The standard InChI is InChI=1S/C20H19F2NO5S/c1-4-27-20(24)19-11(2)16-10-14(6-8-18(16)28-19)29(25,26)23-12(3)15-7-5-13(21)9-17(15)22/h5-10,12,23H,4H2,1-3H3. The summed E-state index contributed by atoms with van der Waals surface area (Å²) in [6.45, 7) is 4.92. The van der Waals surface area contributed by atoms with Crippen molar-refractivity contribution in [2.45, 2.75) is 31.7 Å². The largest absolute Gasteiger partial charge is 0.460 e. The van der Waals surface area contributed by atoms with Gasteiger partial charge in [0.2, 0.25) is 15.8 Å². The molecule has 1 unspecified atom stereocenters. The lowest BCUT2D eigenvalue weighted by Crippen LogP contribution is -2.27. The maximum Gasteiger partial charge on any atom is 0.374 e. The maximum atomic E-state index is 13.9. The number of rotatable bonds is 6. The molecule has 0 saturated heterocycles. The first-order valence-corrected chi connectivity index (χ1v) is 10.3. The quantitative estimate of drug-likeness (QED) is 0.600. The number of ether oxygens (including phenoxy) is 1. The molecule has 0 saturated carbocycles. The molecule has 9 heteroatoms. The third kappa shape index (κ3) is 4.15. The van der Waals surface area contributed by atoms with E-state index in [0.717, 1.165) is 6.07 Å². The van der Waals surface area contributed by atoms with E-state index in [1.807, 2.05) is 0 Å². The number of carbonyl (C=O) groups is 1. The van der Waals surface area contributed by atoms with E-state index in [1.165, 1.54) is 31.2 Å². The number of aryl methyl sites for hydroxylation is 1. The molecule has 1 heterocycles. The minimum atomic E-state index is -4.03. The summed E-state index contributed by atoms with van der Waals surface area (Å²) in [7, 11) is -4.03. The number of nitrogens with one attached hydrogen (secondary N) is 1. The van der Waals surface area contributed by atoms with Crippen LogP contribution >= 0.6 is 0 Å². The van der Waals surface area contributed by atoms with Crippen LogP contribution in [0.25, 0.3) is 11.0 Å². The van der Waals surface area contributed by atoms with Gasteiger partial charge in [-0.25, -0.2) is 26.7 Å². The molecule has 0 aliphatic carbocycles. The van der Waals surface area contributed by atoms with Crippen molar-refractivity contribution in [2.24, 2.45) is 0 Å². The normalized spacial score (nSPS) is 12.9. The Balaban J connectivity index is 1.94. The third-order valence-electron chi connectivity index (χ3n) is 4.44. The van der Waals surface area contributed by atoms with Gasteiger partial charge >= 0.3 is 5.97 Å². The molecule has 3 aromatic rings. The fourth-order valence-electron chi connectivity index (χ4n) is 2.98. The fraction of sp³-hybridized carbons (Fsp3) is 0.250. The van der Waals surface area contributed by atoms with E-state index in [-0.39, 0.29) is 22.8 Å². The fourth-order valence-corrected chi connectivity index (χ4v) is 4.22. The maximum absolute atomic E-state index is 13.9. The van der Waals surface area contributed by atoms with Gasteiger partial charge in [0.25, 0.3) is 0 Å². The molecule has 0 bridgehead atoms. The minimum Gasteiger partial charge on any atom is -0.460 e. The molecular weight excluding hydrogens is 404 g/mol. The van der Waals surface area contributed by atoms with Gasteiger partial charge in [-0.1, -0.05) is 6.07 Å². The van der Waals surface area contributed by atoms with E-state index in [2.05, 4.69) is 4.72 Å². The van der Waals surface area contributed by atoms with Crippen LogP contribution in [0.2, 0.25) is 0 Å². The highest BCUT2D eigenvalue weighted by Crippen LogP contribution is 2.29. The van der Waals surface area contributed by atoms with Crippen LogP contribution in [-0.4, -0.2) is 21.0 Å². The number of sulfonamides is 1. The molecule has 0 spiro atoms. The van der Waals surface area contributed by atoms with Crippen molar-refractivity contribution in [3.05, 3.63) is 64.9 Å². The Morgan fingerprint density at radius 2 is 1.93 bits per heavy atom. The van der Waals surface area contributed by atoms with Gasteiger partial charge in [-0.3, -0.25) is 0 Å². The predicted molar refractivity (Wildman–Crippen MR) is 102 cm³/mol. The Labute approximate surface area is 166 Å². The van der Waals surface area contributed by atoms with Gasteiger partial charge in [-0.2, -0.15) is 0 Å². The first-order valence-electron chi connectivity index (χ1n) is 8.81. The van der Waals surface area contributed by atoms with Crippen LogP contribution in [0.4, 0.5) is 8.78 Å². The third-order valence-corrected chi connectivity index (χ3v) is 5.98. The molecule has 1 atom stereocenters. The predicted octanol–water partition coefficient (Wildman–Crippen LogP) is 4.24. The van der Waals surface area contributed by atoms with Crippen molar-refractivity contribution in [1.29, 1.82) is 0 Å². The molecule has 2 aromatic carbocycles. The zero-order valence-corrected chi connectivity index (χ0v) is 16.8. The van der Waals surface area contributed by atoms with Crippen molar-refractivity contribution in [3.63, 3.8) is 0 Å². The number of benzene rings is 2. The second-order valence-corrected chi connectivity index (χ2v) is 8.16. The van der Waals surface area contributed by atoms with Crippen molar-refractivity contribution in [1.82, 2.24) is 4.72 Å². The van der Waals surface area contributed by atoms with Crippen LogP contribution in [0.3, 0.4) is 0 Å². The number of hydrogen-bond donors (Lipinski definition) is 1. The number of furan rings is 1. The van der Waals surface area contributed by atoms with Crippen LogP contribution in [0, 0.1) is 18.6 Å². The molecular formula is C20H19F2NO5S. The summed E-state index contributed by atoms with van der Waals surface area (Å²) in [5.41, 5.74) is 0.801. The first kappa shape index (κ1) is 20.9. The highest BCUT2D eigenvalue weighted by Gasteiger charge is 2.24. The zero-order valence-electron chi connectivity index (χ0n) is 16.0. The Morgan fingerprint density at radius 1 is 1.21 bits per heavy atom. The second-order valence-electron chi connectivity index (χ2n) is 6.44. The molecule has 6 nitrogen and oxygen atoms in total. The summed E-state index contributed by atoms with van der Waals surface area (Å²) in [5, 5.41) is 0.441. The van der Waals surface area contributed by atoms with Crippen molar-refractivity contribution >= 4 is 27.0 Å². The summed E-state index contributed by atoms with van der Waals surface area (Å²) >= 11 is 0. The molecule has 1 N–H and O–H groups in total. The molecule has 3 rings (SSSR count). The van der Waals surface area contributed by atoms with Crippen LogP contribution in [-0.2, 0) is 14.8 Å². The number of fused-ring (bicyclic) bond motifs is 1. The Kier molecular flexibility index (Phi) is 5.72. The first-order chi connectivity index (χ1) is 13.6. The topological polar surface area (TPSA) is 85.6 Å².